The van der Waals surface area contributed by atoms with Gasteiger partial charge in [0.25, 0.3) is 0 Å². The van der Waals surface area contributed by atoms with Crippen molar-refractivity contribution in [3.05, 3.63) is 58.5 Å². The topological polar surface area (TPSA) is 36.7 Å². The average Bonchev–Trinajstić information content (AvgIpc) is 2.51. The third-order valence-electron chi connectivity index (χ3n) is 3.49. The van der Waals surface area contributed by atoms with Gasteiger partial charge in [-0.1, -0.05) is 39.0 Å². The summed E-state index contributed by atoms with van der Waals surface area (Å²) in [6.45, 7) is 5.23. The number of nitrogens with zero attached hydrogens (tertiary/aromatic N) is 2. The van der Waals surface area contributed by atoms with Gasteiger partial charge in [-0.2, -0.15) is 18.4 Å². The molecule has 2 rings (SSSR count). The molecule has 0 atom stereocenters. The summed E-state index contributed by atoms with van der Waals surface area (Å²) in [5, 5.41) is 9.19. The van der Waals surface area contributed by atoms with Crippen molar-refractivity contribution >= 4 is 11.8 Å². The van der Waals surface area contributed by atoms with Crippen LogP contribution in [-0.2, 0) is 17.3 Å². The molecule has 2 aromatic rings. The Labute approximate surface area is 147 Å². The molecule has 0 saturated carbocycles. The van der Waals surface area contributed by atoms with Crippen LogP contribution in [0.5, 0.6) is 0 Å². The third-order valence-corrected chi connectivity index (χ3v) is 4.52. The Morgan fingerprint density at radius 3 is 2.32 bits per heavy atom. The van der Waals surface area contributed by atoms with Crippen molar-refractivity contribution in [2.45, 2.75) is 43.1 Å². The molecule has 1 aromatic heterocycles. The lowest BCUT2D eigenvalue weighted by Crippen LogP contribution is -2.18. The van der Waals surface area contributed by atoms with Gasteiger partial charge in [0.2, 0.25) is 0 Å². The van der Waals surface area contributed by atoms with E-state index in [4.69, 9.17) is 0 Å². The van der Waals surface area contributed by atoms with E-state index in [9.17, 15) is 22.8 Å². The highest BCUT2D eigenvalue weighted by Gasteiger charge is 2.37. The monoisotopic (exact) mass is 368 g/mol. The summed E-state index contributed by atoms with van der Waals surface area (Å²) in [7, 11) is 0. The van der Waals surface area contributed by atoms with Crippen LogP contribution in [0, 0.1) is 17.1 Å². The Balaban J connectivity index is 2.52. The largest absolute Gasteiger partial charge is 0.417 e. The van der Waals surface area contributed by atoms with Crippen LogP contribution in [-0.4, -0.2) is 4.98 Å². The molecule has 0 amide bonds. The Morgan fingerprint density at radius 2 is 1.80 bits per heavy atom. The van der Waals surface area contributed by atoms with Gasteiger partial charge in [0, 0.05) is 16.9 Å². The van der Waals surface area contributed by atoms with Crippen molar-refractivity contribution in [2.75, 3.05) is 0 Å². The maximum Gasteiger partial charge on any atom is 0.417 e. The lowest BCUT2D eigenvalue weighted by atomic mass is 9.90. The Hall–Kier alpha value is -2.07. The van der Waals surface area contributed by atoms with Gasteiger partial charge in [0.05, 0.1) is 11.1 Å². The molecule has 0 saturated heterocycles. The molecule has 0 aliphatic heterocycles. The molecule has 0 aliphatic carbocycles. The van der Waals surface area contributed by atoms with Crippen molar-refractivity contribution in [1.29, 1.82) is 5.26 Å². The molecule has 2 nitrogen and oxygen atoms in total. The van der Waals surface area contributed by atoms with E-state index >= 15 is 0 Å². The second-order valence-corrected chi connectivity index (χ2v) is 7.44. The molecule has 25 heavy (non-hydrogen) atoms. The second kappa shape index (κ2) is 7.04. The van der Waals surface area contributed by atoms with Crippen LogP contribution in [0.3, 0.4) is 0 Å². The van der Waals surface area contributed by atoms with Crippen LogP contribution in [0.1, 0.15) is 43.2 Å². The van der Waals surface area contributed by atoms with Crippen molar-refractivity contribution in [1.82, 2.24) is 4.98 Å². The van der Waals surface area contributed by atoms with E-state index in [-0.39, 0.29) is 16.5 Å². The minimum atomic E-state index is -4.67. The molecule has 7 heteroatoms. The molecule has 0 bridgehead atoms. The summed E-state index contributed by atoms with van der Waals surface area (Å²) >= 11 is 0.926. The maximum absolute atomic E-state index is 13.7. The van der Waals surface area contributed by atoms with Crippen molar-refractivity contribution in [3.8, 4) is 6.07 Å². The quantitative estimate of drug-likeness (QED) is 0.515. The van der Waals surface area contributed by atoms with Crippen LogP contribution in [0.2, 0.25) is 0 Å². The van der Waals surface area contributed by atoms with Crippen molar-refractivity contribution < 1.29 is 17.6 Å². The zero-order chi connectivity index (χ0) is 18.8. The predicted octanol–water partition coefficient (Wildman–Crippen LogP) is 5.70. The highest BCUT2D eigenvalue weighted by Crippen LogP contribution is 2.38. The summed E-state index contributed by atoms with van der Waals surface area (Å²) in [4.78, 5) is 4.25. The summed E-state index contributed by atoms with van der Waals surface area (Å²) < 4.78 is 53.8. The smallest absolute Gasteiger partial charge is 0.245 e. The van der Waals surface area contributed by atoms with E-state index in [1.165, 1.54) is 12.1 Å². The lowest BCUT2D eigenvalue weighted by molar-refractivity contribution is -0.138. The third kappa shape index (κ3) is 4.51. The number of pyridine rings is 1. The number of rotatable bonds is 3. The highest BCUT2D eigenvalue weighted by atomic mass is 32.2. The summed E-state index contributed by atoms with van der Waals surface area (Å²) in [5.41, 5.74) is -1.59. The molecule has 0 fully saturated rings. The van der Waals surface area contributed by atoms with Gasteiger partial charge in [-0.25, -0.2) is 9.37 Å². The zero-order valence-corrected chi connectivity index (χ0v) is 14.7. The Bertz CT molecular complexity index is 817. The van der Waals surface area contributed by atoms with Crippen molar-refractivity contribution in [2.24, 2.45) is 0 Å². The number of hydrogen-bond donors (Lipinski definition) is 0. The first kappa shape index (κ1) is 19.3. The predicted molar refractivity (Wildman–Crippen MR) is 88.6 cm³/mol. The number of benzene rings is 1. The SMILES string of the molecule is CC(C)(C)c1cc(C(F)(F)F)c(C#N)c(SCc2ccccc2F)n1. The Morgan fingerprint density at radius 1 is 1.16 bits per heavy atom. The van der Waals surface area contributed by atoms with Crippen LogP contribution in [0.4, 0.5) is 17.6 Å². The maximum atomic E-state index is 13.7. The van der Waals surface area contributed by atoms with E-state index in [0.29, 0.717) is 5.56 Å². The first-order valence-corrected chi connectivity index (χ1v) is 8.41. The van der Waals surface area contributed by atoms with E-state index in [1.54, 1.807) is 39.0 Å². The number of nitriles is 1. The fourth-order valence-electron chi connectivity index (χ4n) is 2.10. The van der Waals surface area contributed by atoms with E-state index < -0.39 is 28.5 Å². The standard InChI is InChI=1S/C18H16F4N2S/c1-17(2,3)15-8-13(18(20,21)22)12(9-23)16(24-15)25-10-11-6-4-5-7-14(11)19/h4-8H,10H2,1-3H3. The molecule has 1 aromatic carbocycles. The average molecular weight is 368 g/mol. The minimum Gasteiger partial charge on any atom is -0.245 e. The Kier molecular flexibility index (Phi) is 5.43. The number of thioether (sulfide) groups is 1. The normalized spacial score (nSPS) is 12.1. The lowest BCUT2D eigenvalue weighted by Gasteiger charge is -2.21. The van der Waals surface area contributed by atoms with Crippen molar-refractivity contribution in [3.63, 3.8) is 0 Å². The van der Waals surface area contributed by atoms with Gasteiger partial charge in [0.1, 0.15) is 16.9 Å². The van der Waals surface area contributed by atoms with E-state index in [0.717, 1.165) is 17.8 Å². The molecule has 0 N–H and O–H groups in total. The number of halogens is 4. The van der Waals surface area contributed by atoms with Crippen LogP contribution < -0.4 is 0 Å². The zero-order valence-electron chi connectivity index (χ0n) is 13.9. The molecule has 0 radical (unpaired) electrons. The van der Waals surface area contributed by atoms with Gasteiger partial charge in [-0.15, -0.1) is 11.8 Å². The molecule has 0 spiro atoms. The number of hydrogen-bond acceptors (Lipinski definition) is 3. The summed E-state index contributed by atoms with van der Waals surface area (Å²) in [6, 6.07) is 8.53. The van der Waals surface area contributed by atoms with Crippen LogP contribution in [0.25, 0.3) is 0 Å². The number of alkyl halides is 3. The minimum absolute atomic E-state index is 0.0366. The summed E-state index contributed by atoms with van der Waals surface area (Å²) in [6.07, 6.45) is -4.67. The molecule has 132 valence electrons. The van der Waals surface area contributed by atoms with Gasteiger partial charge in [-0.05, 0) is 17.7 Å². The fourth-order valence-corrected chi connectivity index (χ4v) is 3.09. The van der Waals surface area contributed by atoms with Crippen LogP contribution >= 0.6 is 11.8 Å². The van der Waals surface area contributed by atoms with Gasteiger partial charge >= 0.3 is 6.18 Å². The second-order valence-electron chi connectivity index (χ2n) is 6.47. The first-order valence-electron chi connectivity index (χ1n) is 7.43. The fraction of sp³-hybridized carbons (Fsp3) is 0.333. The summed E-state index contributed by atoms with van der Waals surface area (Å²) in [5.74, 6) is -0.365. The molecule has 0 unspecified atom stereocenters. The van der Waals surface area contributed by atoms with Gasteiger partial charge < -0.3 is 0 Å². The molecule has 1 heterocycles. The highest BCUT2D eigenvalue weighted by molar-refractivity contribution is 7.98. The molecule has 0 aliphatic rings. The van der Waals surface area contributed by atoms with E-state index in [1.807, 2.05) is 0 Å². The van der Waals surface area contributed by atoms with E-state index in [2.05, 4.69) is 4.98 Å². The van der Waals surface area contributed by atoms with Gasteiger partial charge in [0.15, 0.2) is 0 Å². The molecular weight excluding hydrogens is 352 g/mol. The van der Waals surface area contributed by atoms with Crippen LogP contribution in [0.15, 0.2) is 35.4 Å². The van der Waals surface area contributed by atoms with Gasteiger partial charge in [-0.3, -0.25) is 0 Å². The number of aromatic nitrogens is 1. The molecular formula is C18H16F4N2S. The first-order chi connectivity index (χ1) is 11.5.